The highest BCUT2D eigenvalue weighted by molar-refractivity contribution is 7.47. The minimum atomic E-state index is -5.21. The Morgan fingerprint density at radius 1 is 1.17 bits per heavy atom. The van der Waals surface area contributed by atoms with Crippen LogP contribution in [-0.4, -0.2) is 57.6 Å². The molecule has 0 spiro atoms. The fraction of sp³-hybridized carbons (Fsp3) is 0.409. The van der Waals surface area contributed by atoms with Gasteiger partial charge in [-0.05, 0) is 72.5 Å². The lowest BCUT2D eigenvalue weighted by Crippen LogP contribution is -2.34. The second-order valence-electron chi connectivity index (χ2n) is 7.48. The molecule has 0 bridgehead atoms. The molecule has 2 aromatic carbocycles. The van der Waals surface area contributed by atoms with Crippen molar-refractivity contribution in [3.8, 4) is 11.5 Å². The highest BCUT2D eigenvalue weighted by atomic mass is 35.5. The third-order valence-electron chi connectivity index (χ3n) is 4.52. The maximum absolute atomic E-state index is 13.7. The second kappa shape index (κ2) is 15.0. The van der Waals surface area contributed by atoms with Gasteiger partial charge in [0.2, 0.25) is 0 Å². The average molecular weight is 537 g/mol. The summed E-state index contributed by atoms with van der Waals surface area (Å²) in [5.41, 5.74) is 0.556. The number of hydrogen-bond acceptors (Lipinski definition) is 9. The van der Waals surface area contributed by atoms with Gasteiger partial charge in [-0.25, -0.2) is 9.55 Å². The van der Waals surface area contributed by atoms with Crippen LogP contribution in [0.5, 0.6) is 11.5 Å². The summed E-state index contributed by atoms with van der Waals surface area (Å²) >= 11 is 4.74. The Balaban J connectivity index is 1.91. The molecule has 0 fully saturated rings. The van der Waals surface area contributed by atoms with Crippen molar-refractivity contribution in [1.82, 2.24) is 4.90 Å². The van der Waals surface area contributed by atoms with E-state index in [2.05, 4.69) is 19.3 Å². The van der Waals surface area contributed by atoms with Gasteiger partial charge in [0.05, 0.1) is 7.11 Å². The third kappa shape index (κ3) is 11.8. The Morgan fingerprint density at radius 3 is 2.66 bits per heavy atom. The maximum atomic E-state index is 13.7. The van der Waals surface area contributed by atoms with Gasteiger partial charge in [-0.2, -0.15) is 4.39 Å². The number of rotatable bonds is 16. The van der Waals surface area contributed by atoms with Crippen molar-refractivity contribution in [2.75, 3.05) is 41.1 Å². The van der Waals surface area contributed by atoms with Gasteiger partial charge in [0.25, 0.3) is 0 Å². The molecule has 0 aliphatic carbocycles. The predicted octanol–water partition coefficient (Wildman–Crippen LogP) is 5.29. The van der Waals surface area contributed by atoms with Crippen molar-refractivity contribution in [1.29, 1.82) is 0 Å². The van der Waals surface area contributed by atoms with Crippen LogP contribution in [0.1, 0.15) is 11.1 Å². The summed E-state index contributed by atoms with van der Waals surface area (Å²) in [6.07, 6.45) is 0.948. The van der Waals surface area contributed by atoms with Gasteiger partial charge in [0, 0.05) is 11.7 Å². The normalized spacial score (nSPS) is 14.4. The van der Waals surface area contributed by atoms with Crippen LogP contribution in [0.15, 0.2) is 53.7 Å². The van der Waals surface area contributed by atoms with E-state index in [1.165, 1.54) is 0 Å². The number of hydrogen-bond donors (Lipinski definition) is 0. The van der Waals surface area contributed by atoms with E-state index >= 15 is 0 Å². The summed E-state index contributed by atoms with van der Waals surface area (Å²) < 4.78 is 62.1. The summed E-state index contributed by atoms with van der Waals surface area (Å²) in [5.74, 6) is 1.48. The first-order chi connectivity index (χ1) is 16.7. The van der Waals surface area contributed by atoms with E-state index in [1.54, 1.807) is 7.11 Å². The van der Waals surface area contributed by atoms with E-state index in [9.17, 15) is 13.2 Å². The second-order valence-corrected chi connectivity index (χ2v) is 9.06. The van der Waals surface area contributed by atoms with Crippen LogP contribution in [0.3, 0.4) is 0 Å². The summed E-state index contributed by atoms with van der Waals surface area (Å²) in [5, 5.41) is 2.43. The monoisotopic (exact) mass is 536 g/mol. The summed E-state index contributed by atoms with van der Waals surface area (Å²) in [4.78, 5) is 5.52. The molecule has 2 rings (SSSR count). The lowest BCUT2D eigenvalue weighted by molar-refractivity contribution is -0.226. The van der Waals surface area contributed by atoms with Crippen molar-refractivity contribution < 1.29 is 41.5 Å². The highest BCUT2D eigenvalue weighted by Crippen LogP contribution is 2.50. The molecule has 0 saturated carbocycles. The van der Waals surface area contributed by atoms with Gasteiger partial charge in [0.1, 0.15) is 24.2 Å². The van der Waals surface area contributed by atoms with E-state index in [-0.39, 0.29) is 6.61 Å². The maximum Gasteiger partial charge on any atom is 0.553 e. The van der Waals surface area contributed by atoms with Crippen molar-refractivity contribution in [2.24, 2.45) is 5.16 Å². The zero-order valence-electron chi connectivity index (χ0n) is 19.6. The number of aryl methyl sites for hydroxylation is 2. The van der Waals surface area contributed by atoms with E-state index in [4.69, 9.17) is 25.8 Å². The van der Waals surface area contributed by atoms with Gasteiger partial charge < -0.3 is 19.1 Å². The molecule has 0 saturated heterocycles. The molecule has 0 heterocycles. The quantitative estimate of drug-likeness (QED) is 0.0941. The molecule has 9 nitrogen and oxygen atoms in total. The van der Waals surface area contributed by atoms with Gasteiger partial charge in [0.15, 0.2) is 6.79 Å². The van der Waals surface area contributed by atoms with Crippen molar-refractivity contribution in [2.45, 2.75) is 18.9 Å². The number of oxime groups is 1. The SMILES string of the molecule is COc1cccc(CCc2ccccc2OC[C@@H](CN(C)C)OCOP(=O)(F)OO/N=C(\F)Cl)c1. The van der Waals surface area contributed by atoms with Crippen LogP contribution in [0.25, 0.3) is 0 Å². The summed E-state index contributed by atoms with van der Waals surface area (Å²) in [7, 11) is 0.0466. The molecule has 2 aromatic rings. The number of ether oxygens (including phenoxy) is 3. The minimum Gasteiger partial charge on any atom is -0.497 e. The first-order valence-electron chi connectivity index (χ1n) is 10.5. The van der Waals surface area contributed by atoms with Crippen LogP contribution in [-0.2, 0) is 36.3 Å². The number of halogens is 3. The Kier molecular flexibility index (Phi) is 12.4. The van der Waals surface area contributed by atoms with Gasteiger partial charge >= 0.3 is 13.3 Å². The molecule has 35 heavy (non-hydrogen) atoms. The fourth-order valence-electron chi connectivity index (χ4n) is 3.00. The number of benzene rings is 2. The van der Waals surface area contributed by atoms with Gasteiger partial charge in [-0.15, -0.1) is 4.20 Å². The predicted molar refractivity (Wildman–Crippen MR) is 127 cm³/mol. The Hall–Kier alpha value is -2.27. The molecule has 0 aliphatic rings. The zero-order valence-corrected chi connectivity index (χ0v) is 21.2. The standard InChI is InChI=1S/C22H28ClF2N2O7P/c1-27(2)14-20(31-16-32-35(25,28)34-33-26-22(23)24)15-30-21-10-5-4-8-18(21)12-11-17-7-6-9-19(13-17)29-3/h4-10,13,20H,11-12,14-16H2,1-3H3/b26-22-/t20-,35?/m1/s1. The number of nitrogens with zero attached hydrogens (tertiary/aromatic N) is 2. The summed E-state index contributed by atoms with van der Waals surface area (Å²) in [6, 6.07) is 15.5. The molecule has 0 radical (unpaired) electrons. The largest absolute Gasteiger partial charge is 0.553 e. The Morgan fingerprint density at radius 2 is 1.94 bits per heavy atom. The molecule has 2 atom stereocenters. The zero-order chi connectivity index (χ0) is 25.7. The molecule has 0 N–H and O–H groups in total. The first-order valence-corrected chi connectivity index (χ1v) is 12.3. The van der Waals surface area contributed by atoms with Crippen LogP contribution in [0, 0.1) is 0 Å². The van der Waals surface area contributed by atoms with E-state index in [0.29, 0.717) is 12.3 Å². The molecule has 0 aromatic heterocycles. The lowest BCUT2D eigenvalue weighted by atomic mass is 10.0. The number of likely N-dealkylation sites (N-methyl/N-ethyl adjacent to an activating group) is 1. The summed E-state index contributed by atoms with van der Waals surface area (Å²) in [6.45, 7) is -0.248. The van der Waals surface area contributed by atoms with Crippen molar-refractivity contribution >= 4 is 24.9 Å². The van der Waals surface area contributed by atoms with Crippen LogP contribution in [0.2, 0.25) is 0 Å². The van der Waals surface area contributed by atoms with Crippen LogP contribution >= 0.6 is 19.5 Å². The Bertz CT molecular complexity index is 996. The first kappa shape index (κ1) is 29.0. The smallest absolute Gasteiger partial charge is 0.497 e. The van der Waals surface area contributed by atoms with Crippen LogP contribution in [0.4, 0.5) is 8.59 Å². The molecular formula is C22H28ClF2N2O7P. The molecule has 1 unspecified atom stereocenters. The molecule has 0 aliphatic heterocycles. The molecule has 0 amide bonds. The fourth-order valence-corrected chi connectivity index (χ4v) is 3.37. The minimum absolute atomic E-state index is 0.105. The van der Waals surface area contributed by atoms with E-state index < -0.39 is 26.2 Å². The molecular weight excluding hydrogens is 509 g/mol. The molecule has 13 heteroatoms. The van der Waals surface area contributed by atoms with Crippen molar-refractivity contribution in [3.63, 3.8) is 0 Å². The van der Waals surface area contributed by atoms with E-state index in [0.717, 1.165) is 29.7 Å². The highest BCUT2D eigenvalue weighted by Gasteiger charge is 2.28. The van der Waals surface area contributed by atoms with Crippen molar-refractivity contribution in [3.05, 3.63) is 59.7 Å². The lowest BCUT2D eigenvalue weighted by Gasteiger charge is -2.22. The van der Waals surface area contributed by atoms with Gasteiger partial charge in [-0.1, -0.05) is 30.3 Å². The molecule has 194 valence electrons. The number of para-hydroxylation sites is 1. The third-order valence-corrected chi connectivity index (χ3v) is 5.25. The van der Waals surface area contributed by atoms with Gasteiger partial charge in [-0.3, -0.25) is 4.52 Å². The Labute approximate surface area is 208 Å². The topological polar surface area (TPSA) is 88.1 Å². The number of methoxy groups -OCH3 is 1. The van der Waals surface area contributed by atoms with E-state index in [1.807, 2.05) is 67.5 Å². The van der Waals surface area contributed by atoms with Crippen LogP contribution < -0.4 is 9.47 Å². The average Bonchev–Trinajstić information content (AvgIpc) is 2.81.